The molecule has 1 fully saturated rings. The van der Waals surface area contributed by atoms with E-state index in [-0.39, 0.29) is 18.5 Å². The minimum atomic E-state index is -0.113. The number of fused-ring (bicyclic) bond motifs is 3. The molecule has 0 saturated carbocycles. The van der Waals surface area contributed by atoms with E-state index in [2.05, 4.69) is 22.4 Å². The maximum Gasteiger partial charge on any atom is 0.231 e. The fourth-order valence-electron chi connectivity index (χ4n) is 4.70. The molecule has 5 heteroatoms. The van der Waals surface area contributed by atoms with Gasteiger partial charge in [0.25, 0.3) is 0 Å². The van der Waals surface area contributed by atoms with Crippen molar-refractivity contribution in [3.63, 3.8) is 0 Å². The van der Waals surface area contributed by atoms with E-state index in [4.69, 9.17) is 9.47 Å². The van der Waals surface area contributed by atoms with Crippen LogP contribution in [0.25, 0.3) is 0 Å². The Morgan fingerprint density at radius 2 is 2.24 bits per heavy atom. The second-order valence-corrected chi connectivity index (χ2v) is 8.31. The van der Waals surface area contributed by atoms with Gasteiger partial charge in [0, 0.05) is 35.5 Å². The van der Waals surface area contributed by atoms with E-state index < -0.39 is 0 Å². The molecule has 0 amide bonds. The Balaban J connectivity index is 1.37. The maximum atomic E-state index is 14.8. The van der Waals surface area contributed by atoms with Gasteiger partial charge in [-0.1, -0.05) is 6.07 Å². The molecule has 3 aliphatic rings. The van der Waals surface area contributed by atoms with Gasteiger partial charge in [-0.15, -0.1) is 11.3 Å². The number of hydrogen-bond acceptors (Lipinski definition) is 4. The molecule has 3 heterocycles. The average molecular weight is 359 g/mol. The van der Waals surface area contributed by atoms with Crippen LogP contribution >= 0.6 is 11.3 Å². The summed E-state index contributed by atoms with van der Waals surface area (Å²) in [6, 6.07) is 5.91. The van der Waals surface area contributed by atoms with E-state index >= 15 is 0 Å². The second-order valence-electron chi connectivity index (χ2n) is 7.33. The van der Waals surface area contributed by atoms with Gasteiger partial charge in [-0.2, -0.15) is 0 Å². The van der Waals surface area contributed by atoms with Crippen LogP contribution in [0.2, 0.25) is 0 Å². The molecule has 0 N–H and O–H groups in total. The highest BCUT2D eigenvalue weighted by atomic mass is 32.1. The van der Waals surface area contributed by atoms with E-state index in [0.29, 0.717) is 11.7 Å². The van der Waals surface area contributed by atoms with Crippen LogP contribution in [0.5, 0.6) is 11.5 Å². The molecule has 1 aromatic heterocycles. The number of rotatable bonds is 3. The predicted octanol–water partition coefficient (Wildman–Crippen LogP) is 4.53. The van der Waals surface area contributed by atoms with Crippen LogP contribution in [0.15, 0.2) is 23.6 Å². The maximum absolute atomic E-state index is 14.8. The quantitative estimate of drug-likeness (QED) is 0.804. The monoisotopic (exact) mass is 359 g/mol. The summed E-state index contributed by atoms with van der Waals surface area (Å²) in [5, 5.41) is 2.16. The van der Waals surface area contributed by atoms with Crippen LogP contribution in [0.1, 0.15) is 47.1 Å². The van der Waals surface area contributed by atoms with E-state index in [1.165, 1.54) is 17.4 Å². The van der Waals surface area contributed by atoms with Crippen molar-refractivity contribution < 1.29 is 13.9 Å². The fraction of sp³-hybridized carbons (Fsp3) is 0.500. The van der Waals surface area contributed by atoms with Crippen LogP contribution in [0, 0.1) is 5.82 Å². The van der Waals surface area contributed by atoms with Crippen molar-refractivity contribution in [2.75, 3.05) is 26.4 Å². The van der Waals surface area contributed by atoms with Crippen molar-refractivity contribution in [2.24, 2.45) is 0 Å². The minimum absolute atomic E-state index is 0.113. The third-order valence-electron chi connectivity index (χ3n) is 5.84. The minimum Gasteiger partial charge on any atom is -0.453 e. The SMILES string of the molecule is Fc1cc2c(c3c1C(CN1CCC(c4cccs4)C1)CCC3)OCO2. The summed E-state index contributed by atoms with van der Waals surface area (Å²) in [5.74, 6) is 2.16. The van der Waals surface area contributed by atoms with Crippen molar-refractivity contribution >= 4 is 11.3 Å². The van der Waals surface area contributed by atoms with E-state index in [9.17, 15) is 4.39 Å². The highest BCUT2D eigenvalue weighted by Crippen LogP contribution is 2.46. The molecule has 0 bridgehead atoms. The molecule has 25 heavy (non-hydrogen) atoms. The summed E-state index contributed by atoms with van der Waals surface area (Å²) in [7, 11) is 0. The molecule has 2 atom stereocenters. The molecule has 1 saturated heterocycles. The zero-order chi connectivity index (χ0) is 16.8. The lowest BCUT2D eigenvalue weighted by atomic mass is 9.81. The van der Waals surface area contributed by atoms with Crippen molar-refractivity contribution in [3.05, 3.63) is 45.4 Å². The van der Waals surface area contributed by atoms with E-state index in [1.54, 1.807) is 0 Å². The molecule has 132 valence electrons. The van der Waals surface area contributed by atoms with Crippen LogP contribution in [-0.2, 0) is 6.42 Å². The second kappa shape index (κ2) is 6.29. The Kier molecular flexibility index (Phi) is 3.94. The lowest BCUT2D eigenvalue weighted by Gasteiger charge is -2.30. The third-order valence-corrected chi connectivity index (χ3v) is 6.87. The zero-order valence-corrected chi connectivity index (χ0v) is 15.0. The van der Waals surface area contributed by atoms with Gasteiger partial charge in [0.15, 0.2) is 11.5 Å². The molecule has 1 aromatic carbocycles. The van der Waals surface area contributed by atoms with E-state index in [1.807, 2.05) is 11.3 Å². The molecule has 0 radical (unpaired) electrons. The van der Waals surface area contributed by atoms with E-state index in [0.717, 1.165) is 55.8 Å². The highest BCUT2D eigenvalue weighted by molar-refractivity contribution is 7.10. The summed E-state index contributed by atoms with van der Waals surface area (Å²) in [6.07, 6.45) is 4.26. The largest absolute Gasteiger partial charge is 0.453 e. The smallest absolute Gasteiger partial charge is 0.231 e. The third kappa shape index (κ3) is 2.74. The number of halogens is 1. The Labute approximate surface area is 151 Å². The van der Waals surface area contributed by atoms with Crippen molar-refractivity contribution in [3.8, 4) is 11.5 Å². The number of likely N-dealkylation sites (tertiary alicyclic amines) is 1. The van der Waals surface area contributed by atoms with Gasteiger partial charge in [-0.25, -0.2) is 4.39 Å². The highest BCUT2D eigenvalue weighted by Gasteiger charge is 2.34. The number of ether oxygens (including phenoxy) is 2. The van der Waals surface area contributed by atoms with Crippen molar-refractivity contribution in [2.45, 2.75) is 37.5 Å². The molecule has 5 rings (SSSR count). The molecule has 1 aliphatic carbocycles. The lowest BCUT2D eigenvalue weighted by molar-refractivity contribution is 0.173. The molecule has 2 unspecified atom stereocenters. The summed E-state index contributed by atoms with van der Waals surface area (Å²) >= 11 is 1.86. The molecule has 2 aromatic rings. The number of hydrogen-bond donors (Lipinski definition) is 0. The first-order valence-corrected chi connectivity index (χ1v) is 10.0. The van der Waals surface area contributed by atoms with Crippen LogP contribution in [0.4, 0.5) is 4.39 Å². The Hall–Kier alpha value is -1.59. The van der Waals surface area contributed by atoms with Crippen molar-refractivity contribution in [1.29, 1.82) is 0 Å². The van der Waals surface area contributed by atoms with Gasteiger partial charge < -0.3 is 14.4 Å². The first-order chi connectivity index (χ1) is 12.3. The number of thiophene rings is 1. The summed E-state index contributed by atoms with van der Waals surface area (Å²) in [4.78, 5) is 4.01. The fourth-order valence-corrected chi connectivity index (χ4v) is 5.55. The van der Waals surface area contributed by atoms with Gasteiger partial charge in [0.2, 0.25) is 6.79 Å². The van der Waals surface area contributed by atoms with Crippen LogP contribution in [-0.4, -0.2) is 31.3 Å². The predicted molar refractivity (Wildman–Crippen MR) is 96.3 cm³/mol. The van der Waals surface area contributed by atoms with Crippen molar-refractivity contribution in [1.82, 2.24) is 4.90 Å². The molecular weight excluding hydrogens is 337 g/mol. The van der Waals surface area contributed by atoms with Crippen LogP contribution in [0.3, 0.4) is 0 Å². The molecule has 3 nitrogen and oxygen atoms in total. The van der Waals surface area contributed by atoms with Crippen LogP contribution < -0.4 is 9.47 Å². The average Bonchev–Trinajstić information content (AvgIpc) is 3.36. The lowest BCUT2D eigenvalue weighted by Crippen LogP contribution is -2.29. The van der Waals surface area contributed by atoms with Gasteiger partial charge in [0.05, 0.1) is 0 Å². The number of benzene rings is 1. The van der Waals surface area contributed by atoms with Gasteiger partial charge in [-0.3, -0.25) is 0 Å². The van der Waals surface area contributed by atoms with Gasteiger partial charge in [0.1, 0.15) is 5.82 Å². The number of nitrogens with zero attached hydrogens (tertiary/aromatic N) is 1. The summed E-state index contributed by atoms with van der Waals surface area (Å²) in [5.41, 5.74) is 1.94. The Morgan fingerprint density at radius 1 is 1.28 bits per heavy atom. The molecular formula is C20H22FNO2S. The molecule has 0 spiro atoms. The topological polar surface area (TPSA) is 21.7 Å². The Morgan fingerprint density at radius 3 is 3.12 bits per heavy atom. The van der Waals surface area contributed by atoms with Gasteiger partial charge >= 0.3 is 0 Å². The summed E-state index contributed by atoms with van der Waals surface area (Å²) in [6.45, 7) is 3.37. The first-order valence-electron chi connectivity index (χ1n) is 9.16. The van der Waals surface area contributed by atoms with Gasteiger partial charge in [-0.05, 0) is 55.2 Å². The molecule has 2 aliphatic heterocycles. The Bertz CT molecular complexity index is 776. The normalized spacial score (nSPS) is 25.3. The first kappa shape index (κ1) is 15.6. The summed E-state index contributed by atoms with van der Waals surface area (Å²) < 4.78 is 25.8. The zero-order valence-electron chi connectivity index (χ0n) is 14.2. The standard InChI is InChI=1S/C20H22FNO2S/c21-16-9-17-20(24-12-23-17)15-4-1-3-14(19(15)16)11-22-7-6-13(10-22)18-5-2-8-25-18/h2,5,8-9,13-14H,1,3-4,6-7,10-12H2.